The third-order valence-corrected chi connectivity index (χ3v) is 5.01. The van der Waals surface area contributed by atoms with E-state index in [0.29, 0.717) is 0 Å². The standard InChI is InChI=1S/4C6H8O7.3Os/c4*7-3(8)1-6(13,5(11)12)2-4(9)10;;;/h4*13H,1-2H2,(H,7,8)(H,9,10)(H,11,12);;;/q;;;;3*+4/p-12. The van der Waals surface area contributed by atoms with Gasteiger partial charge in [-0.2, -0.15) is 0 Å². The Balaban J connectivity index is -0.000000110. The molecule has 0 radical (unpaired) electrons. The fourth-order valence-electron chi connectivity index (χ4n) is 2.74. The molecule has 0 aliphatic carbocycles. The van der Waals surface area contributed by atoms with Crippen molar-refractivity contribution < 1.29 is 199 Å². The van der Waals surface area contributed by atoms with Crippen molar-refractivity contribution in [3.8, 4) is 0 Å². The maximum atomic E-state index is 10.1. The summed E-state index contributed by atoms with van der Waals surface area (Å²) in [5, 5.41) is 156. The number of carbonyl (C=O) groups excluding carboxylic acids is 12. The van der Waals surface area contributed by atoms with Gasteiger partial charge in [0.2, 0.25) is 0 Å². The van der Waals surface area contributed by atoms with Gasteiger partial charge >= 0.3 is 59.4 Å². The van der Waals surface area contributed by atoms with Crippen LogP contribution >= 0.6 is 0 Å². The van der Waals surface area contributed by atoms with Gasteiger partial charge in [0.1, 0.15) is 22.4 Å². The van der Waals surface area contributed by atoms with Crippen LogP contribution in [-0.2, 0) is 117 Å². The fourth-order valence-corrected chi connectivity index (χ4v) is 2.74. The molecule has 55 heavy (non-hydrogen) atoms. The number of aliphatic hydroxyl groups is 4. The van der Waals surface area contributed by atoms with E-state index in [2.05, 4.69) is 0 Å². The summed E-state index contributed by atoms with van der Waals surface area (Å²) in [5.74, 6) is -23.9. The maximum Gasteiger partial charge on any atom is 4.00 e. The number of carboxylic acid groups (broad SMARTS) is 12. The van der Waals surface area contributed by atoms with Crippen LogP contribution in [-0.4, -0.2) is 114 Å². The van der Waals surface area contributed by atoms with Crippen LogP contribution in [0.1, 0.15) is 51.4 Å². The third kappa shape index (κ3) is 31.4. The van der Waals surface area contributed by atoms with Crippen LogP contribution in [0.5, 0.6) is 0 Å². The van der Waals surface area contributed by atoms with Crippen LogP contribution < -0.4 is 61.3 Å². The second kappa shape index (κ2) is 28.8. The first-order chi connectivity index (χ1) is 23.1. The molecule has 0 aromatic carbocycles. The quantitative estimate of drug-likeness (QED) is 0.0879. The van der Waals surface area contributed by atoms with Crippen molar-refractivity contribution in [1.29, 1.82) is 0 Å². The minimum Gasteiger partial charge on any atom is -0.550 e. The molecule has 0 atom stereocenters. The molecule has 0 fully saturated rings. The predicted molar refractivity (Wildman–Crippen MR) is 117 cm³/mol. The van der Waals surface area contributed by atoms with E-state index in [9.17, 15) is 119 Å². The second-order valence-corrected chi connectivity index (χ2v) is 9.67. The van der Waals surface area contributed by atoms with Crippen LogP contribution in [0.15, 0.2) is 0 Å². The van der Waals surface area contributed by atoms with Crippen molar-refractivity contribution in [3.63, 3.8) is 0 Å². The van der Waals surface area contributed by atoms with Gasteiger partial charge < -0.3 is 139 Å². The number of aliphatic carboxylic acids is 12. The summed E-state index contributed by atoms with van der Waals surface area (Å²) in [4.78, 5) is 120. The fraction of sp³-hybridized carbons (Fsp3) is 0.500. The van der Waals surface area contributed by atoms with Gasteiger partial charge in [-0.25, -0.2) is 0 Å². The van der Waals surface area contributed by atoms with Gasteiger partial charge in [-0.1, -0.05) is 0 Å². The van der Waals surface area contributed by atoms with Gasteiger partial charge in [0.15, 0.2) is 0 Å². The third-order valence-electron chi connectivity index (χ3n) is 5.01. The predicted octanol–water partition coefficient (Wildman–Crippen LogP) is -21.0. The Hall–Kier alpha value is -4.61. The number of carbonyl (C=O) groups is 12. The number of rotatable bonds is 20. The maximum absolute atomic E-state index is 10.1. The Morgan fingerprint density at radius 3 is 0.364 bits per heavy atom. The molecule has 0 saturated heterocycles. The zero-order chi connectivity index (χ0) is 42.6. The van der Waals surface area contributed by atoms with Crippen LogP contribution in [0, 0.1) is 0 Å². The molecule has 0 rings (SSSR count). The minimum absolute atomic E-state index is 0. The van der Waals surface area contributed by atoms with Crippen molar-refractivity contribution in [3.05, 3.63) is 0 Å². The molecule has 0 amide bonds. The van der Waals surface area contributed by atoms with Gasteiger partial charge in [0, 0.05) is 99.1 Å². The second-order valence-electron chi connectivity index (χ2n) is 9.67. The minimum atomic E-state index is -2.97. The summed E-state index contributed by atoms with van der Waals surface area (Å²) in [7, 11) is 0. The van der Waals surface area contributed by atoms with E-state index in [1.165, 1.54) is 0 Å². The van der Waals surface area contributed by atoms with Crippen LogP contribution in [0.2, 0.25) is 0 Å². The summed E-state index contributed by atoms with van der Waals surface area (Å²) in [5.41, 5.74) is -11.9. The van der Waals surface area contributed by atoms with Crippen molar-refractivity contribution in [2.45, 2.75) is 73.8 Å². The monoisotopic (exact) mass is 1330 g/mol. The number of carboxylic acids is 12. The van der Waals surface area contributed by atoms with Gasteiger partial charge in [0.05, 0.1) is 23.9 Å². The van der Waals surface area contributed by atoms with Gasteiger partial charge in [-0.05, 0) is 0 Å². The molecule has 0 aliphatic heterocycles. The van der Waals surface area contributed by atoms with E-state index in [1.54, 1.807) is 0 Å². The van der Waals surface area contributed by atoms with Crippen LogP contribution in [0.3, 0.4) is 0 Å². The van der Waals surface area contributed by atoms with E-state index in [-0.39, 0.29) is 59.4 Å². The van der Waals surface area contributed by atoms with E-state index in [1.807, 2.05) is 0 Å². The summed E-state index contributed by atoms with van der Waals surface area (Å²) < 4.78 is 0. The molecule has 0 unspecified atom stereocenters. The van der Waals surface area contributed by atoms with E-state index < -0.39 is 145 Å². The first kappa shape index (κ1) is 65.3. The van der Waals surface area contributed by atoms with Crippen molar-refractivity contribution in [2.75, 3.05) is 0 Å². The normalized spacial score (nSPS) is 10.3. The Morgan fingerprint density at radius 1 is 0.255 bits per heavy atom. The summed E-state index contributed by atoms with van der Waals surface area (Å²) in [6, 6.07) is 0. The van der Waals surface area contributed by atoms with E-state index in [0.717, 1.165) is 0 Å². The van der Waals surface area contributed by atoms with Gasteiger partial charge in [-0.3, -0.25) is 0 Å². The zero-order valence-corrected chi connectivity index (χ0v) is 33.9. The molecule has 308 valence electrons. The molecular weight excluding hydrogens is 1310 g/mol. The first-order valence-corrected chi connectivity index (χ1v) is 12.5. The van der Waals surface area contributed by atoms with Crippen molar-refractivity contribution >= 4 is 71.6 Å². The Kier molecular flexibility index (Phi) is 34.2. The van der Waals surface area contributed by atoms with Crippen molar-refractivity contribution in [2.24, 2.45) is 0 Å². The largest absolute Gasteiger partial charge is 4.00 e. The molecular formula is C24H20O28Os3. The Morgan fingerprint density at radius 2 is 0.327 bits per heavy atom. The number of hydrogen-bond donors (Lipinski definition) is 4. The topological polar surface area (TPSA) is 562 Å². The molecule has 0 saturated carbocycles. The summed E-state index contributed by atoms with van der Waals surface area (Å²) in [6.45, 7) is 0. The Bertz CT molecular complexity index is 1130. The average molecular weight is 1330 g/mol. The number of hydrogen-bond acceptors (Lipinski definition) is 28. The molecule has 0 aromatic heterocycles. The smallest absolute Gasteiger partial charge is 0.550 e. The molecule has 31 heteroatoms. The van der Waals surface area contributed by atoms with E-state index >= 15 is 0 Å². The van der Waals surface area contributed by atoms with Crippen molar-refractivity contribution in [1.82, 2.24) is 0 Å². The average Bonchev–Trinajstić information content (AvgIpc) is 2.85. The molecule has 28 nitrogen and oxygen atoms in total. The van der Waals surface area contributed by atoms with Gasteiger partial charge in [0.25, 0.3) is 0 Å². The molecule has 0 aromatic rings. The van der Waals surface area contributed by atoms with Gasteiger partial charge in [-0.15, -0.1) is 0 Å². The molecule has 0 aliphatic rings. The SMILES string of the molecule is O=C([O-])CC(O)(CC(=O)[O-])C(=O)[O-].O=C([O-])CC(O)(CC(=O)[O-])C(=O)[O-].O=C([O-])CC(O)(CC(=O)[O-])C(=O)[O-].O=C([O-])CC(O)(CC(=O)[O-])C(=O)[O-].[Os+4].[Os+4].[Os+4]. The Labute approximate surface area is 342 Å². The molecule has 0 heterocycles. The molecule has 0 bridgehead atoms. The van der Waals surface area contributed by atoms with Crippen LogP contribution in [0.25, 0.3) is 0 Å². The zero-order valence-electron chi connectivity index (χ0n) is 26.3. The molecule has 0 spiro atoms. The summed E-state index contributed by atoms with van der Waals surface area (Å²) in [6.07, 6.45) is -10.9. The van der Waals surface area contributed by atoms with Crippen LogP contribution in [0.4, 0.5) is 0 Å². The van der Waals surface area contributed by atoms with E-state index in [4.69, 9.17) is 20.4 Å². The molecule has 4 N–H and O–H groups in total. The first-order valence-electron chi connectivity index (χ1n) is 12.5. The summed E-state index contributed by atoms with van der Waals surface area (Å²) >= 11 is 0.